The number of pyridine rings is 2. The van der Waals surface area contributed by atoms with Gasteiger partial charge in [0.2, 0.25) is 23.4 Å². The van der Waals surface area contributed by atoms with E-state index in [2.05, 4.69) is 20.6 Å². The quantitative estimate of drug-likeness (QED) is 0.0431. The Morgan fingerprint density at radius 2 is 1.02 bits per heavy atom. The van der Waals surface area contributed by atoms with Crippen molar-refractivity contribution in [3.05, 3.63) is 121 Å². The van der Waals surface area contributed by atoms with Crippen molar-refractivity contribution < 1.29 is 33.5 Å². The molecule has 2 atom stereocenters. The predicted molar refractivity (Wildman–Crippen MR) is 231 cm³/mol. The van der Waals surface area contributed by atoms with Crippen molar-refractivity contribution in [3.63, 3.8) is 0 Å². The number of nitrogens with zero attached hydrogens (tertiary/aromatic N) is 4. The molecule has 4 rings (SSSR count). The second kappa shape index (κ2) is 23.2. The Bertz CT molecular complexity index is 2000. The number of halogens is 8. The maximum Gasteiger partial charge on any atom is 0.311 e. The van der Waals surface area contributed by atoms with Gasteiger partial charge in [-0.15, -0.1) is 0 Å². The summed E-state index contributed by atoms with van der Waals surface area (Å²) in [5, 5.41) is 29.1. The summed E-state index contributed by atoms with van der Waals surface area (Å²) in [4.78, 5) is 30.4. The molecule has 0 bridgehead atoms. The molecule has 0 aliphatic carbocycles. The van der Waals surface area contributed by atoms with E-state index in [1.165, 1.54) is 74.8 Å². The molecule has 2 unspecified atom stereocenters. The number of nitro groups is 2. The van der Waals surface area contributed by atoms with E-state index in [0.29, 0.717) is 22.6 Å². The highest BCUT2D eigenvalue weighted by atomic mass is 35.5. The van der Waals surface area contributed by atoms with Gasteiger partial charge < -0.3 is 34.3 Å². The lowest BCUT2D eigenvalue weighted by atomic mass is 10.1. The predicted octanol–water partition coefficient (Wildman–Crippen LogP) is 12.1. The lowest BCUT2D eigenvalue weighted by molar-refractivity contribution is -0.384. The maximum atomic E-state index is 11.5. The highest BCUT2D eigenvalue weighted by Gasteiger charge is 2.26. The summed E-state index contributed by atoms with van der Waals surface area (Å²) in [6.07, 6.45) is 1.38. The van der Waals surface area contributed by atoms with E-state index in [0.717, 1.165) is 0 Å². The molecule has 0 saturated heterocycles. The summed E-state index contributed by atoms with van der Waals surface area (Å²) >= 11 is 49.7. The van der Waals surface area contributed by atoms with E-state index in [1.54, 1.807) is 0 Å². The monoisotopic (exact) mass is 972 g/mol. The van der Waals surface area contributed by atoms with Crippen LogP contribution in [0.15, 0.2) is 69.7 Å². The van der Waals surface area contributed by atoms with Crippen LogP contribution in [-0.2, 0) is 4.74 Å². The Morgan fingerprint density at radius 1 is 0.661 bits per heavy atom. The van der Waals surface area contributed by atoms with Crippen LogP contribution in [-0.4, -0.2) is 60.3 Å². The number of anilines is 2. The fourth-order valence-electron chi connectivity index (χ4n) is 5.27. The van der Waals surface area contributed by atoms with E-state index in [9.17, 15) is 20.2 Å². The molecule has 2 N–H and O–H groups in total. The minimum atomic E-state index is -0.892. The zero-order chi connectivity index (χ0) is 43.2. The van der Waals surface area contributed by atoms with E-state index in [1.807, 2.05) is 0 Å². The van der Waals surface area contributed by atoms with E-state index in [-0.39, 0.29) is 103 Å². The van der Waals surface area contributed by atoms with E-state index >= 15 is 0 Å². The largest absolute Gasteiger partial charge is 0.489 e. The van der Waals surface area contributed by atoms with Crippen molar-refractivity contribution in [2.24, 2.45) is 0 Å². The van der Waals surface area contributed by atoms with Gasteiger partial charge in [0.25, 0.3) is 0 Å². The highest BCUT2D eigenvalue weighted by molar-refractivity contribution is 6.56. The van der Waals surface area contributed by atoms with Gasteiger partial charge in [-0.25, -0.2) is 0 Å². The first kappa shape index (κ1) is 47.8. The Hall–Kier alpha value is -3.90. The van der Waals surface area contributed by atoms with Crippen LogP contribution in [0.5, 0.6) is 23.3 Å². The van der Waals surface area contributed by atoms with Gasteiger partial charge in [0, 0.05) is 62.3 Å². The molecule has 2 heterocycles. The average Bonchev–Trinajstić information content (AvgIpc) is 3.16. The van der Waals surface area contributed by atoms with Crippen molar-refractivity contribution in [3.8, 4) is 23.3 Å². The van der Waals surface area contributed by atoms with Crippen LogP contribution in [0.4, 0.5) is 23.0 Å². The molecule has 0 aliphatic heterocycles. The molecule has 0 saturated carbocycles. The Balaban J connectivity index is 1.59. The van der Waals surface area contributed by atoms with Crippen LogP contribution in [0, 0.1) is 20.2 Å². The minimum Gasteiger partial charge on any atom is -0.489 e. The third-order valence-electron chi connectivity index (χ3n) is 7.86. The van der Waals surface area contributed by atoms with E-state index < -0.39 is 22.1 Å². The molecule has 59 heavy (non-hydrogen) atoms. The van der Waals surface area contributed by atoms with E-state index in [4.69, 9.17) is 116 Å². The standard InChI is InChI=1S/C36H32Cl8N6O9/c1-45-35-25(49(51)52)3-5-31(47-35)58-27(33-21(37)15-19(16-22(33)38)56-13-9-29(41)42)7-11-55-12-8-28(59-32-6-4-26(50(53)54)36(46-2)48-32)34-23(39)17-20(18-24(34)40)57-14-10-30(43)44/h3-6,9-10,15-18,27-28H,7-8,11-14H2,1-2H3,(H,45,47)(H,46,48). The number of hydrogen-bond acceptors (Lipinski definition) is 13. The van der Waals surface area contributed by atoms with Crippen molar-refractivity contribution in [2.45, 2.75) is 25.0 Å². The first-order chi connectivity index (χ1) is 28.1. The summed E-state index contributed by atoms with van der Waals surface area (Å²) in [5.74, 6) is 0.640. The molecule has 2 aromatic heterocycles. The fraction of sp³-hybridized carbons (Fsp3) is 0.278. The van der Waals surface area contributed by atoms with Crippen LogP contribution in [0.25, 0.3) is 0 Å². The molecule has 4 aromatic rings. The minimum absolute atomic E-state index is 0.0177. The first-order valence-corrected chi connectivity index (χ1v) is 20.0. The summed E-state index contributed by atoms with van der Waals surface area (Å²) in [5.41, 5.74) is 0.192. The van der Waals surface area contributed by atoms with Crippen LogP contribution in [0.2, 0.25) is 20.1 Å². The first-order valence-electron chi connectivity index (χ1n) is 16.9. The molecule has 0 aliphatic rings. The van der Waals surface area contributed by atoms with Crippen molar-refractivity contribution >= 4 is 116 Å². The molecule has 0 amide bonds. The van der Waals surface area contributed by atoms with Gasteiger partial charge in [-0.3, -0.25) is 20.2 Å². The topological polar surface area (TPSA) is 182 Å². The molecule has 316 valence electrons. The van der Waals surface area contributed by atoms with Crippen molar-refractivity contribution in [1.29, 1.82) is 0 Å². The summed E-state index contributed by atoms with van der Waals surface area (Å²) in [6, 6.07) is 11.3. The average molecular weight is 976 g/mol. The second-order valence-electron chi connectivity index (χ2n) is 11.7. The summed E-state index contributed by atoms with van der Waals surface area (Å²) in [6.45, 7) is 0.188. The zero-order valence-corrected chi connectivity index (χ0v) is 36.7. The fourth-order valence-corrected chi connectivity index (χ4v) is 6.94. The van der Waals surface area contributed by atoms with Crippen molar-refractivity contribution in [1.82, 2.24) is 9.97 Å². The lowest BCUT2D eigenvalue weighted by Gasteiger charge is -2.23. The summed E-state index contributed by atoms with van der Waals surface area (Å²) < 4.78 is 29.9. The van der Waals surface area contributed by atoms with Crippen LogP contribution < -0.4 is 29.6 Å². The second-order valence-corrected chi connectivity index (χ2v) is 15.3. The molecule has 0 spiro atoms. The molecule has 0 fully saturated rings. The van der Waals surface area contributed by atoms with Gasteiger partial charge in [-0.05, 0) is 36.4 Å². The number of nitrogens with one attached hydrogen (secondary N) is 2. The van der Waals surface area contributed by atoms with Gasteiger partial charge in [-0.2, -0.15) is 9.97 Å². The molecule has 15 nitrogen and oxygen atoms in total. The van der Waals surface area contributed by atoms with Crippen molar-refractivity contribution in [2.75, 3.05) is 51.2 Å². The molecule has 2 aromatic carbocycles. The highest BCUT2D eigenvalue weighted by Crippen LogP contribution is 2.41. The number of rotatable bonds is 22. The third kappa shape index (κ3) is 14.1. The van der Waals surface area contributed by atoms with Gasteiger partial charge in [0.15, 0.2) is 0 Å². The molecular formula is C36H32Cl8N6O9. The summed E-state index contributed by atoms with van der Waals surface area (Å²) in [7, 11) is 2.97. The van der Waals surface area contributed by atoms with Crippen LogP contribution in [0.1, 0.15) is 36.2 Å². The van der Waals surface area contributed by atoms with Gasteiger partial charge in [0.1, 0.15) is 45.9 Å². The number of aromatic nitrogens is 2. The maximum absolute atomic E-state index is 11.5. The van der Waals surface area contributed by atoms with Crippen LogP contribution in [0.3, 0.4) is 0 Å². The Labute approximate surface area is 377 Å². The smallest absolute Gasteiger partial charge is 0.311 e. The molecule has 0 radical (unpaired) electrons. The van der Waals surface area contributed by atoms with Gasteiger partial charge in [-0.1, -0.05) is 92.8 Å². The Kier molecular flexibility index (Phi) is 18.8. The normalized spacial score (nSPS) is 11.8. The van der Waals surface area contributed by atoms with Gasteiger partial charge >= 0.3 is 11.4 Å². The van der Waals surface area contributed by atoms with Crippen LogP contribution >= 0.6 is 92.8 Å². The SMILES string of the molecule is CNc1nc(OC(CCOCCC(Oc2ccc([N+](=O)[O-])c(NC)n2)c2c(Cl)cc(OCC=C(Cl)Cl)cc2Cl)c2c(Cl)cc(OCC=C(Cl)Cl)cc2Cl)ccc1[N+](=O)[O-]. The number of ether oxygens (including phenoxy) is 5. The zero-order valence-electron chi connectivity index (χ0n) is 30.7. The Morgan fingerprint density at radius 3 is 1.32 bits per heavy atom. The third-order valence-corrected chi connectivity index (χ3v) is 9.73. The molecule has 23 heteroatoms. The number of hydrogen-bond donors (Lipinski definition) is 2. The lowest BCUT2D eigenvalue weighted by Crippen LogP contribution is -2.16. The molecular weight excluding hydrogens is 944 g/mol. The van der Waals surface area contributed by atoms with Gasteiger partial charge in [0.05, 0.1) is 43.2 Å². The number of benzene rings is 2.